The molecule has 1 amide bonds. The SMILES string of the molecule is CCC1CC2(C)CN(C(=O)O)C(C)(C1)C2. The van der Waals surface area contributed by atoms with E-state index < -0.39 is 6.09 Å². The molecule has 3 unspecified atom stereocenters. The van der Waals surface area contributed by atoms with Crippen molar-refractivity contribution >= 4 is 6.09 Å². The molecule has 1 heterocycles. The van der Waals surface area contributed by atoms with Crippen LogP contribution in [0.2, 0.25) is 0 Å². The van der Waals surface area contributed by atoms with Gasteiger partial charge in [0.25, 0.3) is 0 Å². The van der Waals surface area contributed by atoms with Gasteiger partial charge in [0.1, 0.15) is 0 Å². The van der Waals surface area contributed by atoms with E-state index in [1.165, 1.54) is 12.8 Å². The second-order valence-corrected chi connectivity index (χ2v) is 6.04. The van der Waals surface area contributed by atoms with Gasteiger partial charge < -0.3 is 10.0 Å². The smallest absolute Gasteiger partial charge is 0.407 e. The molecular weight excluding hydrogens is 190 g/mol. The van der Waals surface area contributed by atoms with Crippen LogP contribution < -0.4 is 0 Å². The van der Waals surface area contributed by atoms with Crippen molar-refractivity contribution < 1.29 is 9.90 Å². The monoisotopic (exact) mass is 211 g/mol. The number of carbonyl (C=O) groups is 1. The molecule has 0 radical (unpaired) electrons. The summed E-state index contributed by atoms with van der Waals surface area (Å²) < 4.78 is 0. The van der Waals surface area contributed by atoms with Crippen LogP contribution in [0.25, 0.3) is 0 Å². The molecule has 15 heavy (non-hydrogen) atoms. The Labute approximate surface area is 91.5 Å². The average molecular weight is 211 g/mol. The lowest BCUT2D eigenvalue weighted by Crippen LogP contribution is -2.45. The molecular formula is C12H21NO2. The molecule has 0 spiro atoms. The highest BCUT2D eigenvalue weighted by atomic mass is 16.4. The third kappa shape index (κ3) is 1.62. The van der Waals surface area contributed by atoms with E-state index in [0.29, 0.717) is 5.92 Å². The second kappa shape index (κ2) is 3.13. The Kier molecular flexibility index (Phi) is 2.25. The number of amides is 1. The Morgan fingerprint density at radius 1 is 1.47 bits per heavy atom. The first-order valence-corrected chi connectivity index (χ1v) is 5.89. The first-order valence-electron chi connectivity index (χ1n) is 5.89. The van der Waals surface area contributed by atoms with E-state index in [4.69, 9.17) is 0 Å². The molecule has 2 fully saturated rings. The zero-order valence-corrected chi connectivity index (χ0v) is 9.92. The molecule has 3 nitrogen and oxygen atoms in total. The van der Waals surface area contributed by atoms with Crippen molar-refractivity contribution in [3.63, 3.8) is 0 Å². The van der Waals surface area contributed by atoms with Gasteiger partial charge in [0.05, 0.1) is 0 Å². The highest BCUT2D eigenvalue weighted by Crippen LogP contribution is 2.53. The Balaban J connectivity index is 2.27. The van der Waals surface area contributed by atoms with Crippen molar-refractivity contribution in [1.29, 1.82) is 0 Å². The predicted octanol–water partition coefficient (Wildman–Crippen LogP) is 2.96. The summed E-state index contributed by atoms with van der Waals surface area (Å²) in [6, 6.07) is 0. The molecule has 1 saturated heterocycles. The molecule has 1 saturated carbocycles. The summed E-state index contributed by atoms with van der Waals surface area (Å²) in [5.74, 6) is 0.707. The summed E-state index contributed by atoms with van der Waals surface area (Å²) in [4.78, 5) is 12.9. The number of fused-ring (bicyclic) bond motifs is 2. The Bertz CT molecular complexity index is 291. The van der Waals surface area contributed by atoms with Gasteiger partial charge in [-0.1, -0.05) is 20.3 Å². The maximum Gasteiger partial charge on any atom is 0.407 e. The zero-order valence-electron chi connectivity index (χ0n) is 9.92. The fraction of sp³-hybridized carbons (Fsp3) is 0.917. The summed E-state index contributed by atoms with van der Waals surface area (Å²) in [5, 5.41) is 9.22. The minimum atomic E-state index is -0.738. The average Bonchev–Trinajstić information content (AvgIpc) is 2.31. The van der Waals surface area contributed by atoms with E-state index in [1.54, 1.807) is 4.90 Å². The van der Waals surface area contributed by atoms with Crippen molar-refractivity contribution in [3.8, 4) is 0 Å². The van der Waals surface area contributed by atoms with Crippen LogP contribution in [0, 0.1) is 11.3 Å². The second-order valence-electron chi connectivity index (χ2n) is 6.04. The summed E-state index contributed by atoms with van der Waals surface area (Å²) in [5.41, 5.74) is 0.131. The quantitative estimate of drug-likeness (QED) is 0.724. The van der Waals surface area contributed by atoms with Gasteiger partial charge in [-0.05, 0) is 37.5 Å². The number of nitrogens with zero attached hydrogens (tertiary/aromatic N) is 1. The fourth-order valence-electron chi connectivity index (χ4n) is 3.94. The van der Waals surface area contributed by atoms with Gasteiger partial charge in [0.15, 0.2) is 0 Å². The number of likely N-dealkylation sites (tertiary alicyclic amines) is 1. The molecule has 2 aliphatic rings. The number of hydrogen-bond donors (Lipinski definition) is 1. The van der Waals surface area contributed by atoms with E-state index in [-0.39, 0.29) is 11.0 Å². The van der Waals surface area contributed by atoms with Gasteiger partial charge in [-0.25, -0.2) is 4.79 Å². The normalized spacial score (nSPS) is 44.5. The third-order valence-electron chi connectivity index (χ3n) is 4.32. The minimum Gasteiger partial charge on any atom is -0.465 e. The molecule has 1 aliphatic carbocycles. The minimum absolute atomic E-state index is 0.0977. The molecule has 1 N–H and O–H groups in total. The van der Waals surface area contributed by atoms with Crippen molar-refractivity contribution in [3.05, 3.63) is 0 Å². The Morgan fingerprint density at radius 2 is 2.13 bits per heavy atom. The van der Waals surface area contributed by atoms with Gasteiger partial charge in [0, 0.05) is 12.1 Å². The van der Waals surface area contributed by atoms with Crippen LogP contribution in [0.4, 0.5) is 4.79 Å². The van der Waals surface area contributed by atoms with Crippen LogP contribution in [0.1, 0.15) is 46.5 Å². The van der Waals surface area contributed by atoms with Gasteiger partial charge >= 0.3 is 6.09 Å². The van der Waals surface area contributed by atoms with Crippen LogP contribution >= 0.6 is 0 Å². The number of rotatable bonds is 1. The van der Waals surface area contributed by atoms with E-state index in [2.05, 4.69) is 20.8 Å². The van der Waals surface area contributed by atoms with Crippen LogP contribution in [0.5, 0.6) is 0 Å². The molecule has 0 aromatic carbocycles. The Hall–Kier alpha value is -0.730. The summed E-state index contributed by atoms with van der Waals surface area (Å²) in [7, 11) is 0. The topological polar surface area (TPSA) is 40.5 Å². The molecule has 3 atom stereocenters. The summed E-state index contributed by atoms with van der Waals surface area (Å²) in [6.45, 7) is 7.31. The third-order valence-corrected chi connectivity index (χ3v) is 4.32. The van der Waals surface area contributed by atoms with Gasteiger partial charge in [-0.3, -0.25) is 0 Å². The van der Waals surface area contributed by atoms with Gasteiger partial charge in [-0.2, -0.15) is 0 Å². The first kappa shape index (κ1) is 10.8. The van der Waals surface area contributed by atoms with Crippen LogP contribution in [0.3, 0.4) is 0 Å². The zero-order chi connectivity index (χ0) is 11.3. The molecule has 86 valence electrons. The van der Waals surface area contributed by atoms with Crippen molar-refractivity contribution in [2.45, 2.75) is 52.0 Å². The largest absolute Gasteiger partial charge is 0.465 e. The number of hydrogen-bond acceptors (Lipinski definition) is 1. The Morgan fingerprint density at radius 3 is 2.67 bits per heavy atom. The molecule has 0 aromatic heterocycles. The standard InChI is InChI=1S/C12H21NO2/c1-4-9-5-11(2)7-12(3,6-9)13(8-11)10(14)15/h9H,4-8H2,1-3H3,(H,14,15). The number of carboxylic acid groups (broad SMARTS) is 1. The van der Waals surface area contributed by atoms with Crippen molar-refractivity contribution in [2.24, 2.45) is 11.3 Å². The molecule has 0 aromatic rings. The van der Waals surface area contributed by atoms with Crippen LogP contribution in [-0.4, -0.2) is 28.2 Å². The molecule has 3 heteroatoms. The van der Waals surface area contributed by atoms with Crippen LogP contribution in [-0.2, 0) is 0 Å². The van der Waals surface area contributed by atoms with Gasteiger partial charge in [0.2, 0.25) is 0 Å². The molecule has 1 aliphatic heterocycles. The van der Waals surface area contributed by atoms with Gasteiger partial charge in [-0.15, -0.1) is 0 Å². The molecule has 2 bridgehead atoms. The van der Waals surface area contributed by atoms with E-state index in [1.807, 2.05) is 0 Å². The van der Waals surface area contributed by atoms with Crippen LogP contribution in [0.15, 0.2) is 0 Å². The highest BCUT2D eigenvalue weighted by molar-refractivity contribution is 5.67. The van der Waals surface area contributed by atoms with Crippen molar-refractivity contribution in [1.82, 2.24) is 4.90 Å². The maximum absolute atomic E-state index is 11.2. The first-order chi connectivity index (χ1) is 6.88. The van der Waals surface area contributed by atoms with E-state index >= 15 is 0 Å². The highest BCUT2D eigenvalue weighted by Gasteiger charge is 2.55. The lowest BCUT2D eigenvalue weighted by molar-refractivity contribution is 0.0906. The summed E-state index contributed by atoms with van der Waals surface area (Å²) >= 11 is 0. The van der Waals surface area contributed by atoms with E-state index in [0.717, 1.165) is 19.4 Å². The van der Waals surface area contributed by atoms with E-state index in [9.17, 15) is 9.90 Å². The lowest BCUT2D eigenvalue weighted by atomic mass is 9.67. The predicted molar refractivity (Wildman–Crippen MR) is 58.9 cm³/mol. The van der Waals surface area contributed by atoms with Crippen molar-refractivity contribution in [2.75, 3.05) is 6.54 Å². The maximum atomic E-state index is 11.2. The fourth-order valence-corrected chi connectivity index (χ4v) is 3.94. The molecule has 2 rings (SSSR count). The summed E-state index contributed by atoms with van der Waals surface area (Å²) in [6.07, 6.45) is 3.73. The lowest BCUT2D eigenvalue weighted by Gasteiger charge is -2.40.